The molecule has 0 saturated heterocycles. The van der Waals surface area contributed by atoms with Gasteiger partial charge in [-0.05, 0) is 42.3 Å². The molecule has 0 amide bonds. The molecule has 0 radical (unpaired) electrons. The first-order chi connectivity index (χ1) is 10.3. The van der Waals surface area contributed by atoms with Crippen LogP contribution in [0.4, 0.5) is 0 Å². The molecule has 1 heterocycles. The van der Waals surface area contributed by atoms with Crippen LogP contribution in [0.15, 0.2) is 60.8 Å². The summed E-state index contributed by atoms with van der Waals surface area (Å²) >= 11 is 0. The molecule has 2 heteroatoms. The van der Waals surface area contributed by atoms with E-state index in [0.29, 0.717) is 0 Å². The quantitative estimate of drug-likeness (QED) is 0.776. The highest BCUT2D eigenvalue weighted by molar-refractivity contribution is 5.79. The molecule has 0 aliphatic rings. The van der Waals surface area contributed by atoms with E-state index in [-0.39, 0.29) is 6.04 Å². The maximum atomic E-state index is 4.47. The second-order valence-corrected chi connectivity index (χ2v) is 5.23. The molecule has 2 nitrogen and oxygen atoms in total. The number of nitrogens with zero attached hydrogens (tertiary/aromatic N) is 1. The minimum absolute atomic E-state index is 0.201. The zero-order valence-electron chi connectivity index (χ0n) is 12.5. The monoisotopic (exact) mass is 276 g/mol. The summed E-state index contributed by atoms with van der Waals surface area (Å²) in [5.41, 5.74) is 5.03. The average molecular weight is 276 g/mol. The van der Waals surface area contributed by atoms with Crippen molar-refractivity contribution in [3.05, 3.63) is 77.5 Å². The summed E-state index contributed by atoms with van der Waals surface area (Å²) in [6, 6.07) is 19.4. The first kappa shape index (κ1) is 13.8. The van der Waals surface area contributed by atoms with Crippen LogP contribution < -0.4 is 5.32 Å². The Morgan fingerprint density at radius 1 is 1.05 bits per heavy atom. The van der Waals surface area contributed by atoms with E-state index in [9.17, 15) is 0 Å². The Hall–Kier alpha value is -2.19. The van der Waals surface area contributed by atoms with Crippen molar-refractivity contribution in [2.45, 2.75) is 19.4 Å². The van der Waals surface area contributed by atoms with Crippen molar-refractivity contribution in [3.8, 4) is 0 Å². The highest BCUT2D eigenvalue weighted by Gasteiger charge is 2.15. The van der Waals surface area contributed by atoms with Gasteiger partial charge in [-0.3, -0.25) is 4.98 Å². The van der Waals surface area contributed by atoms with Gasteiger partial charge < -0.3 is 5.32 Å². The van der Waals surface area contributed by atoms with E-state index in [1.54, 1.807) is 0 Å². The zero-order valence-corrected chi connectivity index (χ0v) is 12.5. The van der Waals surface area contributed by atoms with Crippen LogP contribution in [0.3, 0.4) is 0 Å². The molecule has 0 spiro atoms. The lowest BCUT2D eigenvalue weighted by Gasteiger charge is -2.20. The molecule has 1 unspecified atom stereocenters. The first-order valence-corrected chi connectivity index (χ1v) is 7.43. The van der Waals surface area contributed by atoms with Crippen molar-refractivity contribution in [3.63, 3.8) is 0 Å². The molecular formula is C19H20N2. The van der Waals surface area contributed by atoms with Gasteiger partial charge in [-0.25, -0.2) is 0 Å². The number of nitrogens with one attached hydrogen (secondary N) is 1. The SMILES string of the molecule is CCc1ccccc1C(NC)c1ccc2cccnc2c1. The van der Waals surface area contributed by atoms with E-state index in [1.165, 1.54) is 22.1 Å². The predicted octanol–water partition coefficient (Wildman–Crippen LogP) is 4.11. The van der Waals surface area contributed by atoms with Crippen molar-refractivity contribution in [2.75, 3.05) is 7.05 Å². The van der Waals surface area contributed by atoms with Crippen LogP contribution in [-0.4, -0.2) is 12.0 Å². The van der Waals surface area contributed by atoms with Crippen LogP contribution in [0.2, 0.25) is 0 Å². The van der Waals surface area contributed by atoms with Crippen LogP contribution >= 0.6 is 0 Å². The fourth-order valence-corrected chi connectivity index (χ4v) is 2.90. The Kier molecular flexibility index (Phi) is 3.98. The number of hydrogen-bond donors (Lipinski definition) is 1. The second kappa shape index (κ2) is 6.06. The minimum Gasteiger partial charge on any atom is -0.309 e. The van der Waals surface area contributed by atoms with Crippen molar-refractivity contribution < 1.29 is 0 Å². The third-order valence-electron chi connectivity index (χ3n) is 4.00. The molecule has 0 fully saturated rings. The summed E-state index contributed by atoms with van der Waals surface area (Å²) in [6.45, 7) is 2.20. The summed E-state index contributed by atoms with van der Waals surface area (Å²) in [6.07, 6.45) is 2.89. The molecule has 1 aromatic heterocycles. The van der Waals surface area contributed by atoms with Crippen LogP contribution in [-0.2, 0) is 6.42 Å². The molecule has 3 aromatic rings. The standard InChI is InChI=1S/C19H20N2/c1-3-14-7-4-5-9-17(14)19(20-2)16-11-10-15-8-6-12-21-18(15)13-16/h4-13,19-20H,3H2,1-2H3. The van der Waals surface area contributed by atoms with Gasteiger partial charge >= 0.3 is 0 Å². The number of benzene rings is 2. The largest absolute Gasteiger partial charge is 0.309 e. The summed E-state index contributed by atoms with van der Waals surface area (Å²) in [5.74, 6) is 0. The van der Waals surface area contributed by atoms with Crippen molar-refractivity contribution in [2.24, 2.45) is 0 Å². The number of rotatable bonds is 4. The highest BCUT2D eigenvalue weighted by Crippen LogP contribution is 2.27. The first-order valence-electron chi connectivity index (χ1n) is 7.43. The maximum Gasteiger partial charge on any atom is 0.0705 e. The maximum absolute atomic E-state index is 4.47. The summed E-state index contributed by atoms with van der Waals surface area (Å²) < 4.78 is 0. The van der Waals surface area contributed by atoms with Gasteiger partial charge in [-0.2, -0.15) is 0 Å². The fraction of sp³-hybridized carbons (Fsp3) is 0.211. The van der Waals surface area contributed by atoms with Gasteiger partial charge in [-0.15, -0.1) is 0 Å². The van der Waals surface area contributed by atoms with Crippen LogP contribution in [0.5, 0.6) is 0 Å². The lowest BCUT2D eigenvalue weighted by molar-refractivity contribution is 0.685. The van der Waals surface area contributed by atoms with E-state index in [2.05, 4.69) is 65.8 Å². The number of aromatic nitrogens is 1. The van der Waals surface area contributed by atoms with Crippen LogP contribution in [0.1, 0.15) is 29.7 Å². The van der Waals surface area contributed by atoms with E-state index < -0.39 is 0 Å². The molecule has 2 aromatic carbocycles. The number of aryl methyl sites for hydroxylation is 1. The van der Waals surface area contributed by atoms with Crippen molar-refractivity contribution >= 4 is 10.9 Å². The van der Waals surface area contributed by atoms with E-state index >= 15 is 0 Å². The summed E-state index contributed by atoms with van der Waals surface area (Å²) in [7, 11) is 2.01. The van der Waals surface area contributed by atoms with Gasteiger partial charge in [0.1, 0.15) is 0 Å². The molecule has 3 rings (SSSR count). The molecule has 0 bridgehead atoms. The predicted molar refractivity (Wildman–Crippen MR) is 88.5 cm³/mol. The molecular weight excluding hydrogens is 256 g/mol. The average Bonchev–Trinajstić information content (AvgIpc) is 2.56. The fourth-order valence-electron chi connectivity index (χ4n) is 2.90. The number of pyridine rings is 1. The van der Waals surface area contributed by atoms with E-state index in [0.717, 1.165) is 11.9 Å². The molecule has 21 heavy (non-hydrogen) atoms. The van der Waals surface area contributed by atoms with Gasteiger partial charge in [0.2, 0.25) is 0 Å². The lowest BCUT2D eigenvalue weighted by atomic mass is 9.93. The van der Waals surface area contributed by atoms with Gasteiger partial charge in [0.15, 0.2) is 0 Å². The Morgan fingerprint density at radius 2 is 1.90 bits per heavy atom. The van der Waals surface area contributed by atoms with Gasteiger partial charge in [0.05, 0.1) is 11.6 Å². The van der Waals surface area contributed by atoms with Gasteiger partial charge in [0.25, 0.3) is 0 Å². The summed E-state index contributed by atoms with van der Waals surface area (Å²) in [5, 5.41) is 4.63. The smallest absolute Gasteiger partial charge is 0.0705 e. The van der Waals surface area contributed by atoms with E-state index in [1.807, 2.05) is 19.3 Å². The van der Waals surface area contributed by atoms with Crippen LogP contribution in [0.25, 0.3) is 10.9 Å². The molecule has 0 aliphatic heterocycles. The van der Waals surface area contributed by atoms with E-state index in [4.69, 9.17) is 0 Å². The number of hydrogen-bond acceptors (Lipinski definition) is 2. The van der Waals surface area contributed by atoms with Crippen molar-refractivity contribution in [1.82, 2.24) is 10.3 Å². The Bertz CT molecular complexity index is 749. The third-order valence-corrected chi connectivity index (χ3v) is 4.00. The zero-order chi connectivity index (χ0) is 14.7. The topological polar surface area (TPSA) is 24.9 Å². The summed E-state index contributed by atoms with van der Waals surface area (Å²) in [4.78, 5) is 4.47. The Morgan fingerprint density at radius 3 is 2.71 bits per heavy atom. The normalized spacial score (nSPS) is 12.5. The van der Waals surface area contributed by atoms with Crippen LogP contribution in [0, 0.1) is 0 Å². The molecule has 0 saturated carbocycles. The van der Waals surface area contributed by atoms with Gasteiger partial charge in [0, 0.05) is 11.6 Å². The Labute approximate surface area is 125 Å². The van der Waals surface area contributed by atoms with Crippen molar-refractivity contribution in [1.29, 1.82) is 0 Å². The lowest BCUT2D eigenvalue weighted by Crippen LogP contribution is -2.19. The second-order valence-electron chi connectivity index (χ2n) is 5.23. The van der Waals surface area contributed by atoms with Gasteiger partial charge in [-0.1, -0.05) is 49.4 Å². The highest BCUT2D eigenvalue weighted by atomic mass is 14.9. The molecule has 0 aliphatic carbocycles. The minimum atomic E-state index is 0.201. The Balaban J connectivity index is 2.09. The molecule has 1 atom stereocenters. The third kappa shape index (κ3) is 2.67. The number of fused-ring (bicyclic) bond motifs is 1. The molecule has 1 N–H and O–H groups in total. The molecule has 106 valence electrons.